The molecule has 0 saturated carbocycles. The van der Waals surface area contributed by atoms with E-state index >= 15 is 0 Å². The SMILES string of the molecule is C.C/C=C\C(C)=C(C)C.CC. The Morgan fingerprint density at radius 2 is 1.36 bits per heavy atom. The molecular weight excluding hydrogens is 132 g/mol. The van der Waals surface area contributed by atoms with Gasteiger partial charge in [0.2, 0.25) is 0 Å². The summed E-state index contributed by atoms with van der Waals surface area (Å²) in [6.45, 7) is 12.4. The maximum Gasteiger partial charge on any atom is -0.0399 e. The Kier molecular flexibility index (Phi) is 18.6. The molecular formula is C11H24. The Labute approximate surface area is 73.0 Å². The summed E-state index contributed by atoms with van der Waals surface area (Å²) in [5.74, 6) is 0. The molecule has 0 radical (unpaired) electrons. The van der Waals surface area contributed by atoms with Gasteiger partial charge in [0.15, 0.2) is 0 Å². The largest absolute Gasteiger partial charge is 0.0874 e. The maximum atomic E-state index is 2.12. The second-order valence-corrected chi connectivity index (χ2v) is 2.18. The van der Waals surface area contributed by atoms with Crippen molar-refractivity contribution < 1.29 is 0 Å². The predicted octanol–water partition coefficient (Wildman–Crippen LogP) is 4.58. The van der Waals surface area contributed by atoms with Gasteiger partial charge < -0.3 is 0 Å². The standard InChI is InChI=1S/C8H14.C2H6.CH4/c1-5-6-8(4)7(2)3;1-2;/h5-6H,1-4H3;1-2H3;1H4/b6-5-;;. The van der Waals surface area contributed by atoms with Gasteiger partial charge >= 0.3 is 0 Å². The first-order valence-electron chi connectivity index (χ1n) is 3.95. The van der Waals surface area contributed by atoms with Crippen LogP contribution in [-0.4, -0.2) is 0 Å². The van der Waals surface area contributed by atoms with Crippen LogP contribution in [0.4, 0.5) is 0 Å². The number of hydrogen-bond acceptors (Lipinski definition) is 0. The monoisotopic (exact) mass is 156 g/mol. The van der Waals surface area contributed by atoms with Crippen LogP contribution < -0.4 is 0 Å². The van der Waals surface area contributed by atoms with Gasteiger partial charge in [-0.3, -0.25) is 0 Å². The number of allylic oxidation sites excluding steroid dienone is 4. The lowest BCUT2D eigenvalue weighted by Gasteiger charge is -1.91. The molecule has 0 fully saturated rings. The molecule has 0 saturated heterocycles. The normalized spacial score (nSPS) is 7.82. The lowest BCUT2D eigenvalue weighted by atomic mass is 10.2. The smallest absolute Gasteiger partial charge is 0.0399 e. The minimum Gasteiger partial charge on any atom is -0.0874 e. The van der Waals surface area contributed by atoms with Crippen LogP contribution in [0.2, 0.25) is 0 Å². The van der Waals surface area contributed by atoms with Crippen molar-refractivity contribution in [2.24, 2.45) is 0 Å². The Morgan fingerprint density at radius 1 is 1.00 bits per heavy atom. The van der Waals surface area contributed by atoms with E-state index in [1.54, 1.807) is 0 Å². The highest BCUT2D eigenvalue weighted by Crippen LogP contribution is 2.01. The van der Waals surface area contributed by atoms with Gasteiger partial charge in [-0.05, 0) is 27.7 Å². The quantitative estimate of drug-likeness (QED) is 0.487. The van der Waals surface area contributed by atoms with Gasteiger partial charge in [-0.2, -0.15) is 0 Å². The summed E-state index contributed by atoms with van der Waals surface area (Å²) >= 11 is 0. The van der Waals surface area contributed by atoms with E-state index in [-0.39, 0.29) is 7.43 Å². The Morgan fingerprint density at radius 3 is 1.45 bits per heavy atom. The molecule has 0 aliphatic heterocycles. The summed E-state index contributed by atoms with van der Waals surface area (Å²) < 4.78 is 0. The van der Waals surface area contributed by atoms with Crippen LogP contribution in [0.25, 0.3) is 0 Å². The minimum absolute atomic E-state index is 0. The molecule has 0 amide bonds. The van der Waals surface area contributed by atoms with Crippen LogP contribution in [0.15, 0.2) is 23.3 Å². The van der Waals surface area contributed by atoms with Crippen LogP contribution >= 0.6 is 0 Å². The molecule has 0 nitrogen and oxygen atoms in total. The van der Waals surface area contributed by atoms with Crippen molar-refractivity contribution in [1.29, 1.82) is 0 Å². The fraction of sp³-hybridized carbons (Fsp3) is 0.636. The van der Waals surface area contributed by atoms with Crippen LogP contribution in [0.1, 0.15) is 49.0 Å². The minimum atomic E-state index is 0. The molecule has 0 unspecified atom stereocenters. The summed E-state index contributed by atoms with van der Waals surface area (Å²) in [6, 6.07) is 0. The van der Waals surface area contributed by atoms with Crippen molar-refractivity contribution in [2.45, 2.75) is 49.0 Å². The van der Waals surface area contributed by atoms with E-state index < -0.39 is 0 Å². The average molecular weight is 156 g/mol. The molecule has 0 aromatic heterocycles. The zero-order valence-corrected chi connectivity index (χ0v) is 8.15. The molecule has 0 aromatic carbocycles. The summed E-state index contributed by atoms with van der Waals surface area (Å²) in [5, 5.41) is 0. The highest BCUT2D eigenvalue weighted by Gasteiger charge is 1.80. The zero-order valence-electron chi connectivity index (χ0n) is 8.15. The van der Waals surface area contributed by atoms with Crippen LogP contribution in [0.3, 0.4) is 0 Å². The van der Waals surface area contributed by atoms with Crippen LogP contribution in [0, 0.1) is 0 Å². The second-order valence-electron chi connectivity index (χ2n) is 2.18. The summed E-state index contributed by atoms with van der Waals surface area (Å²) in [4.78, 5) is 0. The molecule has 0 aromatic rings. The molecule has 0 atom stereocenters. The molecule has 0 spiro atoms. The summed E-state index contributed by atoms with van der Waals surface area (Å²) in [7, 11) is 0. The Hall–Kier alpha value is -0.520. The van der Waals surface area contributed by atoms with E-state index in [0.717, 1.165) is 0 Å². The molecule has 0 aliphatic carbocycles. The van der Waals surface area contributed by atoms with Gasteiger partial charge in [-0.1, -0.05) is 44.6 Å². The first-order valence-corrected chi connectivity index (χ1v) is 3.95. The van der Waals surface area contributed by atoms with Gasteiger partial charge in [-0.15, -0.1) is 0 Å². The van der Waals surface area contributed by atoms with E-state index in [1.807, 2.05) is 20.8 Å². The fourth-order valence-electron chi connectivity index (χ4n) is 0.417. The van der Waals surface area contributed by atoms with E-state index in [9.17, 15) is 0 Å². The second kappa shape index (κ2) is 12.2. The van der Waals surface area contributed by atoms with Gasteiger partial charge in [0.05, 0.1) is 0 Å². The molecule has 0 N–H and O–H groups in total. The molecule has 11 heavy (non-hydrogen) atoms. The van der Waals surface area contributed by atoms with Crippen molar-refractivity contribution in [1.82, 2.24) is 0 Å². The van der Waals surface area contributed by atoms with Crippen molar-refractivity contribution in [3.63, 3.8) is 0 Å². The van der Waals surface area contributed by atoms with Gasteiger partial charge in [0.25, 0.3) is 0 Å². The Balaban J connectivity index is -0.000000196. The van der Waals surface area contributed by atoms with E-state index in [0.29, 0.717) is 0 Å². The average Bonchev–Trinajstić information content (AvgIpc) is 1.93. The van der Waals surface area contributed by atoms with Crippen LogP contribution in [0.5, 0.6) is 0 Å². The third kappa shape index (κ3) is 12.6. The number of hydrogen-bond donors (Lipinski definition) is 0. The molecule has 0 rings (SSSR count). The van der Waals surface area contributed by atoms with Gasteiger partial charge in [-0.25, -0.2) is 0 Å². The molecule has 0 aliphatic rings. The highest BCUT2D eigenvalue weighted by molar-refractivity contribution is 5.19. The van der Waals surface area contributed by atoms with Crippen LogP contribution in [-0.2, 0) is 0 Å². The molecule has 0 heterocycles. The lowest BCUT2D eigenvalue weighted by Crippen LogP contribution is -1.70. The van der Waals surface area contributed by atoms with E-state index in [1.165, 1.54) is 11.1 Å². The van der Waals surface area contributed by atoms with Gasteiger partial charge in [0.1, 0.15) is 0 Å². The fourth-order valence-corrected chi connectivity index (χ4v) is 0.417. The topological polar surface area (TPSA) is 0 Å². The predicted molar refractivity (Wildman–Crippen MR) is 56.9 cm³/mol. The Bertz CT molecular complexity index is 112. The highest BCUT2D eigenvalue weighted by atomic mass is 13.9. The first kappa shape index (κ1) is 16.8. The lowest BCUT2D eigenvalue weighted by molar-refractivity contribution is 1.29. The van der Waals surface area contributed by atoms with E-state index in [2.05, 4.69) is 32.9 Å². The van der Waals surface area contributed by atoms with E-state index in [4.69, 9.17) is 0 Å². The van der Waals surface area contributed by atoms with Crippen molar-refractivity contribution in [3.05, 3.63) is 23.3 Å². The summed E-state index contributed by atoms with van der Waals surface area (Å²) in [5.41, 5.74) is 2.76. The van der Waals surface area contributed by atoms with Gasteiger partial charge in [0, 0.05) is 0 Å². The van der Waals surface area contributed by atoms with Crippen molar-refractivity contribution >= 4 is 0 Å². The number of rotatable bonds is 1. The van der Waals surface area contributed by atoms with Crippen molar-refractivity contribution in [2.75, 3.05) is 0 Å². The molecule has 68 valence electrons. The molecule has 0 bridgehead atoms. The maximum absolute atomic E-state index is 2.12. The molecule has 0 heteroatoms. The zero-order chi connectivity index (χ0) is 8.57. The third-order valence-electron chi connectivity index (χ3n) is 1.21. The van der Waals surface area contributed by atoms with Crippen molar-refractivity contribution in [3.8, 4) is 0 Å². The first-order chi connectivity index (χ1) is 4.68. The third-order valence-corrected chi connectivity index (χ3v) is 1.21. The summed E-state index contributed by atoms with van der Waals surface area (Å²) in [6.07, 6.45) is 4.18.